The molecule has 1 saturated carbocycles. The Morgan fingerprint density at radius 3 is 2.32 bits per heavy atom. The lowest BCUT2D eigenvalue weighted by molar-refractivity contribution is 0.105. The van der Waals surface area contributed by atoms with Gasteiger partial charge >= 0.3 is 0 Å². The molecule has 1 heterocycles. The fourth-order valence-electron chi connectivity index (χ4n) is 2.38. The van der Waals surface area contributed by atoms with Gasteiger partial charge in [-0.3, -0.25) is 0 Å². The van der Waals surface area contributed by atoms with Crippen LogP contribution < -0.4 is 9.80 Å². The monoisotopic (exact) mass is 285 g/mol. The van der Waals surface area contributed by atoms with E-state index in [2.05, 4.69) is 15.0 Å². The molecule has 2 rings (SSSR count). The SMILES string of the molecule is CN(C)c1nc(Cl)nc(N(C)C2CCCCC2O)n1. The van der Waals surface area contributed by atoms with E-state index in [1.807, 2.05) is 26.0 Å². The maximum Gasteiger partial charge on any atom is 0.231 e. The van der Waals surface area contributed by atoms with Gasteiger partial charge in [-0.05, 0) is 24.4 Å². The first kappa shape index (κ1) is 14.3. The molecule has 0 radical (unpaired) electrons. The summed E-state index contributed by atoms with van der Waals surface area (Å²) in [5.74, 6) is 1.03. The molecule has 2 unspecified atom stereocenters. The fourth-order valence-corrected chi connectivity index (χ4v) is 2.53. The molecule has 0 aromatic carbocycles. The second kappa shape index (κ2) is 5.88. The molecule has 0 bridgehead atoms. The molecule has 6 nitrogen and oxygen atoms in total. The molecule has 19 heavy (non-hydrogen) atoms. The summed E-state index contributed by atoms with van der Waals surface area (Å²) in [7, 11) is 5.60. The Bertz CT molecular complexity index is 442. The second-order valence-electron chi connectivity index (χ2n) is 5.13. The Labute approximate surface area is 118 Å². The Kier molecular flexibility index (Phi) is 4.42. The number of aliphatic hydroxyl groups excluding tert-OH is 1. The van der Waals surface area contributed by atoms with E-state index < -0.39 is 0 Å². The molecule has 106 valence electrons. The second-order valence-corrected chi connectivity index (χ2v) is 5.47. The quantitative estimate of drug-likeness (QED) is 0.904. The molecule has 1 aliphatic rings. The standard InChI is InChI=1S/C12H20ClN5O/c1-17(2)11-14-10(13)15-12(16-11)18(3)8-6-4-5-7-9(8)19/h8-9,19H,4-7H2,1-3H3. The van der Waals surface area contributed by atoms with Crippen LogP contribution in [0.5, 0.6) is 0 Å². The summed E-state index contributed by atoms with van der Waals surface area (Å²) in [5, 5.41) is 10.3. The van der Waals surface area contributed by atoms with Crippen molar-refractivity contribution in [1.82, 2.24) is 15.0 Å². The molecule has 0 aliphatic heterocycles. The number of anilines is 2. The molecule has 0 spiro atoms. The van der Waals surface area contributed by atoms with E-state index in [1.165, 1.54) is 0 Å². The molecule has 1 N–H and O–H groups in total. The normalized spacial score (nSPS) is 23.2. The maximum absolute atomic E-state index is 10.1. The first-order valence-corrected chi connectivity index (χ1v) is 6.86. The van der Waals surface area contributed by atoms with E-state index in [9.17, 15) is 5.11 Å². The van der Waals surface area contributed by atoms with Gasteiger partial charge in [0.2, 0.25) is 17.2 Å². The highest BCUT2D eigenvalue weighted by molar-refractivity contribution is 6.28. The number of likely N-dealkylation sites (N-methyl/N-ethyl adjacent to an activating group) is 1. The van der Waals surface area contributed by atoms with Crippen molar-refractivity contribution in [3.8, 4) is 0 Å². The lowest BCUT2D eigenvalue weighted by Gasteiger charge is -2.35. The van der Waals surface area contributed by atoms with Gasteiger partial charge in [-0.2, -0.15) is 15.0 Å². The van der Waals surface area contributed by atoms with Gasteiger partial charge in [-0.1, -0.05) is 12.8 Å². The molecule has 1 aromatic rings. The Hall–Kier alpha value is -1.14. The smallest absolute Gasteiger partial charge is 0.231 e. The van der Waals surface area contributed by atoms with Crippen molar-refractivity contribution >= 4 is 23.5 Å². The van der Waals surface area contributed by atoms with Crippen LogP contribution in [0, 0.1) is 0 Å². The summed E-state index contributed by atoms with van der Waals surface area (Å²) in [4.78, 5) is 16.3. The van der Waals surface area contributed by atoms with E-state index in [-0.39, 0.29) is 17.4 Å². The van der Waals surface area contributed by atoms with Gasteiger partial charge in [0.15, 0.2) is 0 Å². The first-order chi connectivity index (χ1) is 8.99. The number of hydrogen-bond acceptors (Lipinski definition) is 6. The highest BCUT2D eigenvalue weighted by atomic mass is 35.5. The molecule has 0 saturated heterocycles. The molecule has 0 amide bonds. The van der Waals surface area contributed by atoms with Crippen LogP contribution in [0.25, 0.3) is 0 Å². The van der Waals surface area contributed by atoms with Crippen molar-refractivity contribution in [3.63, 3.8) is 0 Å². The van der Waals surface area contributed by atoms with Gasteiger partial charge in [-0.25, -0.2) is 0 Å². The van der Waals surface area contributed by atoms with Crippen molar-refractivity contribution in [1.29, 1.82) is 0 Å². The van der Waals surface area contributed by atoms with Gasteiger partial charge in [0, 0.05) is 21.1 Å². The number of halogens is 1. The van der Waals surface area contributed by atoms with Crippen LogP contribution in [-0.2, 0) is 0 Å². The van der Waals surface area contributed by atoms with Gasteiger partial charge < -0.3 is 14.9 Å². The minimum atomic E-state index is -0.336. The van der Waals surface area contributed by atoms with Crippen LogP contribution >= 0.6 is 11.6 Å². The number of aromatic nitrogens is 3. The summed E-state index contributed by atoms with van der Waals surface area (Å²) in [5.41, 5.74) is 0. The Balaban J connectivity index is 2.24. The molecular formula is C12H20ClN5O. The van der Waals surface area contributed by atoms with Crippen molar-refractivity contribution in [3.05, 3.63) is 5.28 Å². The summed E-state index contributed by atoms with van der Waals surface area (Å²) >= 11 is 5.94. The number of nitrogens with zero attached hydrogens (tertiary/aromatic N) is 5. The molecular weight excluding hydrogens is 266 g/mol. The fraction of sp³-hybridized carbons (Fsp3) is 0.750. The third-order valence-corrected chi connectivity index (χ3v) is 3.66. The van der Waals surface area contributed by atoms with Crippen LogP contribution in [-0.4, -0.2) is 53.3 Å². The minimum absolute atomic E-state index is 0.0437. The highest BCUT2D eigenvalue weighted by Crippen LogP contribution is 2.25. The number of hydrogen-bond donors (Lipinski definition) is 1. The molecule has 7 heteroatoms. The predicted octanol–water partition coefficient (Wildman–Crippen LogP) is 1.33. The summed E-state index contributed by atoms with van der Waals surface area (Å²) in [6.07, 6.45) is 3.63. The largest absolute Gasteiger partial charge is 0.391 e. The Morgan fingerprint density at radius 2 is 1.68 bits per heavy atom. The van der Waals surface area contributed by atoms with Crippen molar-refractivity contribution in [2.24, 2.45) is 0 Å². The van der Waals surface area contributed by atoms with Gasteiger partial charge in [0.25, 0.3) is 0 Å². The van der Waals surface area contributed by atoms with E-state index >= 15 is 0 Å². The molecule has 1 fully saturated rings. The third kappa shape index (κ3) is 3.25. The summed E-state index contributed by atoms with van der Waals surface area (Å²) in [6.45, 7) is 0. The predicted molar refractivity (Wildman–Crippen MR) is 75.8 cm³/mol. The highest BCUT2D eigenvalue weighted by Gasteiger charge is 2.28. The molecule has 1 aromatic heterocycles. The summed E-state index contributed by atoms with van der Waals surface area (Å²) in [6, 6.07) is 0.0437. The molecule has 2 atom stereocenters. The van der Waals surface area contributed by atoms with E-state index in [1.54, 1.807) is 4.90 Å². The lowest BCUT2D eigenvalue weighted by atomic mass is 9.92. The lowest BCUT2D eigenvalue weighted by Crippen LogP contribution is -2.44. The van der Waals surface area contributed by atoms with E-state index in [0.717, 1.165) is 25.7 Å². The minimum Gasteiger partial charge on any atom is -0.391 e. The summed E-state index contributed by atoms with van der Waals surface area (Å²) < 4.78 is 0. The zero-order valence-corrected chi connectivity index (χ0v) is 12.3. The van der Waals surface area contributed by atoms with Crippen molar-refractivity contribution in [2.45, 2.75) is 37.8 Å². The third-order valence-electron chi connectivity index (χ3n) is 3.49. The van der Waals surface area contributed by atoms with E-state index in [4.69, 9.17) is 11.6 Å². The van der Waals surface area contributed by atoms with Gasteiger partial charge in [0.05, 0.1) is 12.1 Å². The van der Waals surface area contributed by atoms with Crippen LogP contribution in [0.4, 0.5) is 11.9 Å². The topological polar surface area (TPSA) is 65.4 Å². The van der Waals surface area contributed by atoms with Crippen LogP contribution in [0.3, 0.4) is 0 Å². The zero-order valence-electron chi connectivity index (χ0n) is 11.5. The van der Waals surface area contributed by atoms with Crippen molar-refractivity contribution in [2.75, 3.05) is 30.9 Å². The average molecular weight is 286 g/mol. The van der Waals surface area contributed by atoms with Crippen LogP contribution in [0.1, 0.15) is 25.7 Å². The number of rotatable bonds is 3. The van der Waals surface area contributed by atoms with Gasteiger partial charge in [0.1, 0.15) is 0 Å². The first-order valence-electron chi connectivity index (χ1n) is 6.49. The average Bonchev–Trinajstić information content (AvgIpc) is 2.37. The Morgan fingerprint density at radius 1 is 1.05 bits per heavy atom. The van der Waals surface area contributed by atoms with Crippen molar-refractivity contribution < 1.29 is 5.11 Å². The van der Waals surface area contributed by atoms with E-state index in [0.29, 0.717) is 11.9 Å². The number of aliphatic hydroxyl groups is 1. The van der Waals surface area contributed by atoms with Gasteiger partial charge in [-0.15, -0.1) is 0 Å². The van der Waals surface area contributed by atoms with Crippen LogP contribution in [0.2, 0.25) is 5.28 Å². The maximum atomic E-state index is 10.1. The molecule has 1 aliphatic carbocycles. The van der Waals surface area contributed by atoms with Crippen LogP contribution in [0.15, 0.2) is 0 Å². The zero-order chi connectivity index (χ0) is 14.0.